The molecule has 2 rings (SSSR count). The minimum absolute atomic E-state index is 0.0166. The quantitative estimate of drug-likeness (QED) is 0.793. The minimum Gasteiger partial charge on any atom is -0.352 e. The maximum absolute atomic E-state index is 12.6. The highest BCUT2D eigenvalue weighted by Gasteiger charge is 2.29. The van der Waals surface area contributed by atoms with Gasteiger partial charge in [-0.15, -0.1) is 0 Å². The number of piperidine rings is 1. The zero-order valence-electron chi connectivity index (χ0n) is 15.4. The lowest BCUT2D eigenvalue weighted by Crippen LogP contribution is -2.49. The average Bonchev–Trinajstić information content (AvgIpc) is 2.61. The van der Waals surface area contributed by atoms with E-state index < -0.39 is 0 Å². The first-order valence-corrected chi connectivity index (χ1v) is 9.31. The van der Waals surface area contributed by atoms with Crippen molar-refractivity contribution in [2.24, 2.45) is 17.6 Å². The van der Waals surface area contributed by atoms with Crippen molar-refractivity contribution in [3.05, 3.63) is 35.9 Å². The molecule has 2 atom stereocenters. The Morgan fingerprint density at radius 2 is 2.00 bits per heavy atom. The first kappa shape index (κ1) is 19.4. The number of hydrogen-bond acceptors (Lipinski definition) is 3. The Hall–Kier alpha value is -1.88. The summed E-state index contributed by atoms with van der Waals surface area (Å²) in [6.45, 7) is 5.95. The second-order valence-corrected chi connectivity index (χ2v) is 7.41. The minimum atomic E-state index is -0.130. The molecule has 5 heteroatoms. The number of hydrogen-bond donors (Lipinski definition) is 2. The number of benzene rings is 1. The van der Waals surface area contributed by atoms with Crippen LogP contribution in [0.15, 0.2) is 30.3 Å². The zero-order valence-corrected chi connectivity index (χ0v) is 15.4. The van der Waals surface area contributed by atoms with Gasteiger partial charge in [-0.05, 0) is 30.7 Å². The van der Waals surface area contributed by atoms with Crippen molar-refractivity contribution in [1.29, 1.82) is 0 Å². The SMILES string of the molecule is CC(C)CC(CN)NC(=O)C1CCCN(C(=O)Cc2ccccc2)C1. The van der Waals surface area contributed by atoms with Gasteiger partial charge in [0.25, 0.3) is 0 Å². The molecule has 2 amide bonds. The molecular weight excluding hydrogens is 314 g/mol. The van der Waals surface area contributed by atoms with E-state index in [-0.39, 0.29) is 23.8 Å². The molecule has 0 aliphatic carbocycles. The van der Waals surface area contributed by atoms with Gasteiger partial charge in [0.2, 0.25) is 11.8 Å². The van der Waals surface area contributed by atoms with Crippen LogP contribution in [0.4, 0.5) is 0 Å². The number of carbonyl (C=O) groups is 2. The second-order valence-electron chi connectivity index (χ2n) is 7.41. The van der Waals surface area contributed by atoms with Gasteiger partial charge < -0.3 is 16.0 Å². The third-order valence-electron chi connectivity index (χ3n) is 4.73. The number of likely N-dealkylation sites (tertiary alicyclic amines) is 1. The molecule has 138 valence electrons. The van der Waals surface area contributed by atoms with Crippen molar-refractivity contribution < 1.29 is 9.59 Å². The van der Waals surface area contributed by atoms with E-state index in [4.69, 9.17) is 5.73 Å². The molecule has 1 aromatic rings. The fourth-order valence-electron chi connectivity index (χ4n) is 3.40. The fraction of sp³-hybridized carbons (Fsp3) is 0.600. The van der Waals surface area contributed by atoms with Crippen LogP contribution in [0.2, 0.25) is 0 Å². The highest BCUT2D eigenvalue weighted by molar-refractivity contribution is 5.82. The van der Waals surface area contributed by atoms with Crippen LogP contribution >= 0.6 is 0 Å². The molecule has 1 aromatic carbocycles. The molecule has 1 aliphatic rings. The zero-order chi connectivity index (χ0) is 18.2. The van der Waals surface area contributed by atoms with E-state index in [1.54, 1.807) is 0 Å². The number of rotatable bonds is 7. The van der Waals surface area contributed by atoms with Gasteiger partial charge in [-0.25, -0.2) is 0 Å². The predicted molar refractivity (Wildman–Crippen MR) is 99.9 cm³/mol. The summed E-state index contributed by atoms with van der Waals surface area (Å²) in [5, 5.41) is 3.08. The summed E-state index contributed by atoms with van der Waals surface area (Å²) in [5.74, 6) is 0.494. The van der Waals surface area contributed by atoms with Crippen LogP contribution in [-0.4, -0.2) is 42.4 Å². The molecule has 0 radical (unpaired) electrons. The van der Waals surface area contributed by atoms with E-state index in [9.17, 15) is 9.59 Å². The van der Waals surface area contributed by atoms with E-state index in [1.165, 1.54) is 0 Å². The summed E-state index contributed by atoms with van der Waals surface area (Å²) >= 11 is 0. The van der Waals surface area contributed by atoms with Crippen LogP contribution in [-0.2, 0) is 16.0 Å². The molecular formula is C20H31N3O2. The van der Waals surface area contributed by atoms with Gasteiger partial charge in [0.1, 0.15) is 0 Å². The lowest BCUT2D eigenvalue weighted by molar-refractivity contribution is -0.135. The first-order chi connectivity index (χ1) is 12.0. The molecule has 1 heterocycles. The number of nitrogens with two attached hydrogens (primary N) is 1. The van der Waals surface area contributed by atoms with Gasteiger partial charge in [0, 0.05) is 25.7 Å². The topological polar surface area (TPSA) is 75.4 Å². The number of amides is 2. The summed E-state index contributed by atoms with van der Waals surface area (Å²) in [7, 11) is 0. The number of nitrogens with one attached hydrogen (secondary N) is 1. The Morgan fingerprint density at radius 3 is 2.64 bits per heavy atom. The standard InChI is InChI=1S/C20H31N3O2/c1-15(2)11-18(13-21)22-20(25)17-9-6-10-23(14-17)19(24)12-16-7-4-3-5-8-16/h3-5,7-8,15,17-18H,6,9-14,21H2,1-2H3,(H,22,25). The highest BCUT2D eigenvalue weighted by Crippen LogP contribution is 2.18. The molecule has 1 fully saturated rings. The molecule has 2 unspecified atom stereocenters. The summed E-state index contributed by atoms with van der Waals surface area (Å²) in [6.07, 6.45) is 2.98. The van der Waals surface area contributed by atoms with E-state index in [0.717, 1.165) is 31.4 Å². The van der Waals surface area contributed by atoms with Crippen LogP contribution in [0.25, 0.3) is 0 Å². The monoisotopic (exact) mass is 345 g/mol. The number of nitrogens with zero attached hydrogens (tertiary/aromatic N) is 1. The van der Waals surface area contributed by atoms with Crippen molar-refractivity contribution in [2.45, 2.75) is 45.6 Å². The normalized spacial score (nSPS) is 18.9. The van der Waals surface area contributed by atoms with Crippen LogP contribution < -0.4 is 11.1 Å². The van der Waals surface area contributed by atoms with Crippen LogP contribution in [0.5, 0.6) is 0 Å². The van der Waals surface area contributed by atoms with E-state index >= 15 is 0 Å². The molecule has 25 heavy (non-hydrogen) atoms. The molecule has 0 aromatic heterocycles. The molecule has 3 N–H and O–H groups in total. The Labute approximate surface area is 151 Å². The molecule has 0 saturated carbocycles. The van der Waals surface area contributed by atoms with Crippen LogP contribution in [0.1, 0.15) is 38.7 Å². The summed E-state index contributed by atoms with van der Waals surface area (Å²) in [6, 6.07) is 9.77. The van der Waals surface area contributed by atoms with Crippen molar-refractivity contribution in [2.75, 3.05) is 19.6 Å². The lowest BCUT2D eigenvalue weighted by atomic mass is 9.95. The Balaban J connectivity index is 1.88. The summed E-state index contributed by atoms with van der Waals surface area (Å²) in [4.78, 5) is 26.9. The fourth-order valence-corrected chi connectivity index (χ4v) is 3.40. The first-order valence-electron chi connectivity index (χ1n) is 9.31. The van der Waals surface area contributed by atoms with Crippen LogP contribution in [0.3, 0.4) is 0 Å². The van der Waals surface area contributed by atoms with Crippen molar-refractivity contribution in [1.82, 2.24) is 10.2 Å². The third kappa shape index (κ3) is 6.16. The van der Waals surface area contributed by atoms with Gasteiger partial charge in [0.15, 0.2) is 0 Å². The van der Waals surface area contributed by atoms with Crippen molar-refractivity contribution in [3.8, 4) is 0 Å². The molecule has 0 spiro atoms. The maximum atomic E-state index is 12.6. The molecule has 0 bridgehead atoms. The van der Waals surface area contributed by atoms with Crippen molar-refractivity contribution in [3.63, 3.8) is 0 Å². The van der Waals surface area contributed by atoms with Gasteiger partial charge >= 0.3 is 0 Å². The molecule has 5 nitrogen and oxygen atoms in total. The van der Waals surface area contributed by atoms with Crippen molar-refractivity contribution >= 4 is 11.8 Å². The smallest absolute Gasteiger partial charge is 0.227 e. The van der Waals surface area contributed by atoms with Gasteiger partial charge in [-0.3, -0.25) is 9.59 Å². The molecule has 1 saturated heterocycles. The molecule has 1 aliphatic heterocycles. The van der Waals surface area contributed by atoms with Crippen LogP contribution in [0, 0.1) is 11.8 Å². The lowest BCUT2D eigenvalue weighted by Gasteiger charge is -2.33. The number of carbonyl (C=O) groups excluding carboxylic acids is 2. The van der Waals surface area contributed by atoms with Gasteiger partial charge in [-0.1, -0.05) is 44.2 Å². The van der Waals surface area contributed by atoms with E-state index in [2.05, 4.69) is 19.2 Å². The maximum Gasteiger partial charge on any atom is 0.227 e. The Kier molecular flexibility index (Phi) is 7.44. The van der Waals surface area contributed by atoms with E-state index in [0.29, 0.717) is 25.4 Å². The Bertz CT molecular complexity index is 559. The summed E-state index contributed by atoms with van der Waals surface area (Å²) in [5.41, 5.74) is 6.79. The average molecular weight is 345 g/mol. The highest BCUT2D eigenvalue weighted by atomic mass is 16.2. The second kappa shape index (κ2) is 9.56. The Morgan fingerprint density at radius 1 is 1.28 bits per heavy atom. The largest absolute Gasteiger partial charge is 0.352 e. The van der Waals surface area contributed by atoms with Gasteiger partial charge in [0.05, 0.1) is 12.3 Å². The predicted octanol–water partition coefficient (Wildman–Crippen LogP) is 1.96. The summed E-state index contributed by atoms with van der Waals surface area (Å²) < 4.78 is 0. The third-order valence-corrected chi connectivity index (χ3v) is 4.73. The van der Waals surface area contributed by atoms with Gasteiger partial charge in [-0.2, -0.15) is 0 Å². The van der Waals surface area contributed by atoms with E-state index in [1.807, 2.05) is 35.2 Å².